The Hall–Kier alpha value is -1.69. The minimum absolute atomic E-state index is 0.709. The number of nitrogens with two attached hydrogens (primary N) is 1. The summed E-state index contributed by atoms with van der Waals surface area (Å²) in [5.41, 5.74) is 8.16. The fraction of sp³-hybridized carbons (Fsp3) is 0.364. The average molecular weight is 187 g/mol. The van der Waals surface area contributed by atoms with Crippen molar-refractivity contribution in [1.29, 1.82) is 0 Å². The lowest BCUT2D eigenvalue weighted by molar-refractivity contribution is 0.949. The van der Waals surface area contributed by atoms with Gasteiger partial charge in [-0.05, 0) is 25.0 Å². The van der Waals surface area contributed by atoms with Crippen LogP contribution in [0, 0.1) is 6.57 Å². The normalized spacial score (nSPS) is 15.5. The van der Waals surface area contributed by atoms with E-state index in [1.807, 2.05) is 6.07 Å². The molecular formula is C11H13N3. The second-order valence-electron chi connectivity index (χ2n) is 3.55. The number of nitrogens with zero attached hydrogens (tertiary/aromatic N) is 2. The van der Waals surface area contributed by atoms with Gasteiger partial charge in [0.2, 0.25) is 5.69 Å². The van der Waals surface area contributed by atoms with Crippen LogP contribution in [-0.2, 0) is 0 Å². The van der Waals surface area contributed by atoms with Crippen LogP contribution >= 0.6 is 0 Å². The Morgan fingerprint density at radius 1 is 1.29 bits per heavy atom. The molecule has 0 radical (unpaired) electrons. The minimum Gasteiger partial charge on any atom is -0.399 e. The van der Waals surface area contributed by atoms with Crippen LogP contribution in [-0.4, -0.2) is 13.1 Å². The summed E-state index contributed by atoms with van der Waals surface area (Å²) in [6.07, 6.45) is 2.43. The van der Waals surface area contributed by atoms with E-state index in [0.717, 1.165) is 24.5 Å². The third-order valence-corrected chi connectivity index (χ3v) is 2.57. The van der Waals surface area contributed by atoms with E-state index in [1.165, 1.54) is 12.8 Å². The van der Waals surface area contributed by atoms with Gasteiger partial charge in [-0.3, -0.25) is 0 Å². The summed E-state index contributed by atoms with van der Waals surface area (Å²) in [4.78, 5) is 5.75. The summed E-state index contributed by atoms with van der Waals surface area (Å²) in [6, 6.07) is 5.49. The molecule has 1 heterocycles. The predicted octanol–water partition coefficient (Wildman–Crippen LogP) is 2.42. The average Bonchev–Trinajstić information content (AvgIpc) is 2.70. The molecule has 3 nitrogen and oxygen atoms in total. The van der Waals surface area contributed by atoms with Gasteiger partial charge in [-0.15, -0.1) is 0 Å². The first-order valence-corrected chi connectivity index (χ1v) is 4.83. The maximum Gasteiger partial charge on any atom is 0.209 e. The Labute approximate surface area is 84.0 Å². The van der Waals surface area contributed by atoms with Crippen LogP contribution in [0.15, 0.2) is 18.2 Å². The predicted molar refractivity (Wildman–Crippen MR) is 58.6 cm³/mol. The number of benzene rings is 1. The van der Waals surface area contributed by atoms with Gasteiger partial charge in [0.1, 0.15) is 0 Å². The molecule has 72 valence electrons. The first-order chi connectivity index (χ1) is 6.81. The van der Waals surface area contributed by atoms with Crippen LogP contribution in [0.25, 0.3) is 4.85 Å². The number of rotatable bonds is 1. The zero-order valence-corrected chi connectivity index (χ0v) is 8.03. The van der Waals surface area contributed by atoms with Crippen molar-refractivity contribution in [2.24, 2.45) is 0 Å². The second-order valence-corrected chi connectivity index (χ2v) is 3.55. The van der Waals surface area contributed by atoms with Crippen molar-refractivity contribution in [2.45, 2.75) is 12.8 Å². The highest BCUT2D eigenvalue weighted by atomic mass is 15.2. The summed E-state index contributed by atoms with van der Waals surface area (Å²) < 4.78 is 0. The molecule has 2 N–H and O–H groups in total. The second kappa shape index (κ2) is 3.59. The van der Waals surface area contributed by atoms with Gasteiger partial charge >= 0.3 is 0 Å². The fourth-order valence-corrected chi connectivity index (χ4v) is 1.85. The highest BCUT2D eigenvalue weighted by Crippen LogP contribution is 2.32. The van der Waals surface area contributed by atoms with Gasteiger partial charge in [0.25, 0.3) is 0 Å². The van der Waals surface area contributed by atoms with Crippen LogP contribution in [0.1, 0.15) is 12.8 Å². The molecule has 0 aromatic heterocycles. The van der Waals surface area contributed by atoms with Crippen molar-refractivity contribution in [3.05, 3.63) is 29.6 Å². The molecule has 2 rings (SSSR count). The van der Waals surface area contributed by atoms with Crippen LogP contribution < -0.4 is 10.6 Å². The van der Waals surface area contributed by atoms with E-state index in [1.54, 1.807) is 12.1 Å². The van der Waals surface area contributed by atoms with Crippen LogP contribution in [0.2, 0.25) is 0 Å². The molecule has 0 bridgehead atoms. The van der Waals surface area contributed by atoms with Gasteiger partial charge < -0.3 is 10.6 Å². The smallest absolute Gasteiger partial charge is 0.209 e. The summed E-state index contributed by atoms with van der Waals surface area (Å²) >= 11 is 0. The molecule has 0 amide bonds. The van der Waals surface area contributed by atoms with Gasteiger partial charge in [-0.1, -0.05) is 6.07 Å². The number of hydrogen-bond acceptors (Lipinski definition) is 2. The van der Waals surface area contributed by atoms with Gasteiger partial charge in [-0.2, -0.15) is 0 Å². The van der Waals surface area contributed by atoms with Crippen molar-refractivity contribution in [2.75, 3.05) is 23.7 Å². The molecular weight excluding hydrogens is 174 g/mol. The van der Waals surface area contributed by atoms with Crippen molar-refractivity contribution in [1.82, 2.24) is 0 Å². The topological polar surface area (TPSA) is 33.6 Å². The molecule has 0 atom stereocenters. The summed E-state index contributed by atoms with van der Waals surface area (Å²) in [7, 11) is 0. The summed E-state index contributed by atoms with van der Waals surface area (Å²) in [5, 5.41) is 0. The lowest BCUT2D eigenvalue weighted by Crippen LogP contribution is -2.17. The molecule has 1 fully saturated rings. The highest BCUT2D eigenvalue weighted by molar-refractivity contribution is 5.75. The molecule has 1 aromatic carbocycles. The van der Waals surface area contributed by atoms with E-state index in [2.05, 4.69) is 9.74 Å². The van der Waals surface area contributed by atoms with Gasteiger partial charge in [0, 0.05) is 24.5 Å². The molecule has 14 heavy (non-hydrogen) atoms. The summed E-state index contributed by atoms with van der Waals surface area (Å²) in [6.45, 7) is 9.17. The fourth-order valence-electron chi connectivity index (χ4n) is 1.85. The van der Waals surface area contributed by atoms with Gasteiger partial charge in [0.15, 0.2) is 0 Å². The molecule has 0 saturated carbocycles. The zero-order valence-electron chi connectivity index (χ0n) is 8.03. The maximum absolute atomic E-state index is 7.08. The largest absolute Gasteiger partial charge is 0.399 e. The van der Waals surface area contributed by atoms with Crippen LogP contribution in [0.5, 0.6) is 0 Å². The number of hydrogen-bond donors (Lipinski definition) is 1. The maximum atomic E-state index is 7.08. The summed E-state index contributed by atoms with van der Waals surface area (Å²) in [5.74, 6) is 0. The molecule has 0 aliphatic carbocycles. The molecule has 1 aliphatic heterocycles. The molecule has 0 spiro atoms. The Morgan fingerprint density at radius 2 is 2.00 bits per heavy atom. The zero-order chi connectivity index (χ0) is 9.97. The molecule has 1 saturated heterocycles. The first-order valence-electron chi connectivity index (χ1n) is 4.83. The minimum atomic E-state index is 0.709. The van der Waals surface area contributed by atoms with E-state index >= 15 is 0 Å². The van der Waals surface area contributed by atoms with Crippen molar-refractivity contribution < 1.29 is 0 Å². The lowest BCUT2D eigenvalue weighted by Gasteiger charge is -2.19. The SMILES string of the molecule is [C-]#[N+]c1ccc(N)cc1N1CCCC1. The standard InChI is InChI=1S/C11H13N3/c1-13-10-5-4-9(12)8-11(10)14-6-2-3-7-14/h4-5,8H,2-3,6-7,12H2. The first kappa shape index (κ1) is 8.89. The molecule has 1 aliphatic rings. The van der Waals surface area contributed by atoms with Crippen molar-refractivity contribution >= 4 is 17.1 Å². The third kappa shape index (κ3) is 1.51. The van der Waals surface area contributed by atoms with E-state index in [-0.39, 0.29) is 0 Å². The quantitative estimate of drug-likeness (QED) is 0.541. The number of anilines is 2. The number of nitrogen functional groups attached to an aromatic ring is 1. The van der Waals surface area contributed by atoms with Crippen LogP contribution in [0.4, 0.5) is 17.1 Å². The van der Waals surface area contributed by atoms with Gasteiger partial charge in [-0.25, -0.2) is 4.85 Å². The van der Waals surface area contributed by atoms with E-state index in [0.29, 0.717) is 5.69 Å². The lowest BCUT2D eigenvalue weighted by atomic mass is 10.2. The highest BCUT2D eigenvalue weighted by Gasteiger charge is 2.15. The van der Waals surface area contributed by atoms with Crippen LogP contribution in [0.3, 0.4) is 0 Å². The monoisotopic (exact) mass is 187 g/mol. The van der Waals surface area contributed by atoms with E-state index in [4.69, 9.17) is 12.3 Å². The third-order valence-electron chi connectivity index (χ3n) is 2.57. The molecule has 1 aromatic rings. The van der Waals surface area contributed by atoms with E-state index < -0.39 is 0 Å². The Balaban J connectivity index is 2.39. The Kier molecular flexibility index (Phi) is 2.28. The van der Waals surface area contributed by atoms with Crippen molar-refractivity contribution in [3.8, 4) is 0 Å². The Morgan fingerprint density at radius 3 is 2.64 bits per heavy atom. The molecule has 3 heteroatoms. The van der Waals surface area contributed by atoms with Gasteiger partial charge in [0.05, 0.1) is 6.57 Å². The molecule has 0 unspecified atom stereocenters. The van der Waals surface area contributed by atoms with E-state index in [9.17, 15) is 0 Å². The Bertz CT molecular complexity index is 373. The van der Waals surface area contributed by atoms with Crippen molar-refractivity contribution in [3.63, 3.8) is 0 Å².